The van der Waals surface area contributed by atoms with Crippen molar-refractivity contribution in [3.05, 3.63) is 123 Å². The normalized spacial score (nSPS) is 18.1. The third-order valence-electron chi connectivity index (χ3n) is 11.7. The molecule has 1 unspecified atom stereocenters. The zero-order valence-corrected chi connectivity index (χ0v) is 35.0. The van der Waals surface area contributed by atoms with Crippen LogP contribution in [0.2, 0.25) is 5.02 Å². The topological polar surface area (TPSA) is 142 Å². The molecule has 0 bridgehead atoms. The molecule has 59 heavy (non-hydrogen) atoms. The van der Waals surface area contributed by atoms with Gasteiger partial charge in [-0.25, -0.2) is 5.01 Å². The van der Waals surface area contributed by atoms with E-state index in [-0.39, 0.29) is 21.6 Å². The van der Waals surface area contributed by atoms with E-state index >= 15 is 0 Å². The quantitative estimate of drug-likeness (QED) is 0.0637. The SMILES string of the molecule is CC1(C)CCC(CN2CCN(c3ccc(C(=O)N[S+]([O-])c4ccc(NN5CCCCC5)c([N+](=O)[O-])c4)c(Oc4cccc5[nH]ccc45)c3)CC2)=C(c2ccc(Cl)cc2)C1. The molecule has 0 radical (unpaired) electrons. The monoisotopic (exact) mass is 835 g/mol. The van der Waals surface area contributed by atoms with E-state index in [2.05, 4.69) is 50.9 Å². The minimum absolute atomic E-state index is 0.108. The highest BCUT2D eigenvalue weighted by atomic mass is 35.5. The number of amides is 1. The number of nitro groups is 1. The van der Waals surface area contributed by atoms with Crippen LogP contribution in [-0.4, -0.2) is 76.1 Å². The molecule has 5 aromatic rings. The number of hydrogen-bond donors (Lipinski definition) is 3. The zero-order valence-electron chi connectivity index (χ0n) is 33.5. The summed E-state index contributed by atoms with van der Waals surface area (Å²) in [7, 11) is 0. The van der Waals surface area contributed by atoms with Gasteiger partial charge in [0.25, 0.3) is 11.6 Å². The van der Waals surface area contributed by atoms with Crippen molar-refractivity contribution in [3.8, 4) is 11.5 Å². The summed E-state index contributed by atoms with van der Waals surface area (Å²) in [5.74, 6) is 0.242. The fraction of sp³-hybridized carbons (Fsp3) is 0.356. The van der Waals surface area contributed by atoms with Gasteiger partial charge in [-0.3, -0.25) is 19.8 Å². The van der Waals surface area contributed by atoms with Crippen LogP contribution >= 0.6 is 11.6 Å². The summed E-state index contributed by atoms with van der Waals surface area (Å²) in [6.45, 7) is 10.5. The molecule has 1 aromatic heterocycles. The number of aromatic amines is 1. The second-order valence-corrected chi connectivity index (χ2v) is 18.1. The average Bonchev–Trinajstić information content (AvgIpc) is 3.73. The minimum Gasteiger partial charge on any atom is -0.588 e. The van der Waals surface area contributed by atoms with Crippen molar-refractivity contribution in [1.29, 1.82) is 0 Å². The molecule has 3 aliphatic rings. The Morgan fingerprint density at radius 3 is 2.47 bits per heavy atom. The van der Waals surface area contributed by atoms with E-state index in [1.807, 2.05) is 59.7 Å². The molecule has 3 N–H and O–H groups in total. The Balaban J connectivity index is 1.00. The Hall–Kier alpha value is -5.05. The molecule has 2 fully saturated rings. The molecule has 4 aromatic carbocycles. The van der Waals surface area contributed by atoms with E-state index in [1.165, 1.54) is 34.9 Å². The third-order valence-corrected chi connectivity index (χ3v) is 13.0. The zero-order chi connectivity index (χ0) is 41.1. The molecule has 1 atom stereocenters. The molecule has 0 saturated carbocycles. The number of allylic oxidation sites excluding steroid dienone is 1. The number of H-pyrrole nitrogens is 1. The largest absolute Gasteiger partial charge is 0.588 e. The van der Waals surface area contributed by atoms with Crippen LogP contribution in [0.5, 0.6) is 11.5 Å². The van der Waals surface area contributed by atoms with Gasteiger partial charge in [-0.2, -0.15) is 4.72 Å². The van der Waals surface area contributed by atoms with Gasteiger partial charge in [0.2, 0.25) is 0 Å². The van der Waals surface area contributed by atoms with Crippen molar-refractivity contribution in [2.75, 3.05) is 56.1 Å². The van der Waals surface area contributed by atoms with Crippen LogP contribution in [0.25, 0.3) is 16.5 Å². The van der Waals surface area contributed by atoms with E-state index in [4.69, 9.17) is 16.3 Å². The van der Waals surface area contributed by atoms with Crippen molar-refractivity contribution in [2.24, 2.45) is 5.41 Å². The Morgan fingerprint density at radius 1 is 0.932 bits per heavy atom. The molecule has 3 heterocycles. The molecule has 2 saturated heterocycles. The first kappa shape index (κ1) is 40.7. The van der Waals surface area contributed by atoms with Crippen molar-refractivity contribution in [1.82, 2.24) is 19.6 Å². The van der Waals surface area contributed by atoms with Gasteiger partial charge in [-0.15, -0.1) is 0 Å². The van der Waals surface area contributed by atoms with Crippen molar-refractivity contribution in [2.45, 2.75) is 57.3 Å². The smallest absolute Gasteiger partial charge is 0.298 e. The highest BCUT2D eigenvalue weighted by molar-refractivity contribution is 7.90. The van der Waals surface area contributed by atoms with Gasteiger partial charge in [-0.05, 0) is 103 Å². The van der Waals surface area contributed by atoms with Crippen LogP contribution in [-0.2, 0) is 11.4 Å². The predicted molar refractivity (Wildman–Crippen MR) is 235 cm³/mol. The fourth-order valence-electron chi connectivity index (χ4n) is 8.39. The Labute approximate surface area is 353 Å². The maximum absolute atomic E-state index is 13.9. The van der Waals surface area contributed by atoms with Gasteiger partial charge in [0.15, 0.2) is 4.90 Å². The molecule has 14 heteroatoms. The van der Waals surface area contributed by atoms with Crippen LogP contribution in [0.3, 0.4) is 0 Å². The standard InChI is InChI=1S/C45H50ClN7O5S/c1-45(2)19-17-32(38(29-45)31-9-11-33(46)12-10-31)30-50-23-25-51(26-24-50)34-13-15-37(43(27-34)58-42-8-6-7-39-36(42)18-20-47-39)44(54)49-59(57)35-14-16-40(41(28-35)53(55)56)48-52-21-4-3-5-22-52/h6-16,18,20,27-28,47-48H,3-5,17,19,21-26,29-30H2,1-2H3,(H,49,54). The van der Waals surface area contributed by atoms with Crippen molar-refractivity contribution >= 4 is 62.4 Å². The Bertz CT molecular complexity index is 2350. The summed E-state index contributed by atoms with van der Waals surface area (Å²) in [5, 5.41) is 15.6. The Kier molecular flexibility index (Phi) is 12.2. The number of nitrogens with zero attached hydrogens (tertiary/aromatic N) is 4. The lowest BCUT2D eigenvalue weighted by molar-refractivity contribution is -0.384. The molecule has 308 valence electrons. The van der Waals surface area contributed by atoms with Crippen molar-refractivity contribution in [3.63, 3.8) is 0 Å². The molecular weight excluding hydrogens is 786 g/mol. The fourth-order valence-corrected chi connectivity index (χ4v) is 9.32. The second-order valence-electron chi connectivity index (χ2n) is 16.5. The summed E-state index contributed by atoms with van der Waals surface area (Å²) in [6.07, 6.45) is 8.24. The summed E-state index contributed by atoms with van der Waals surface area (Å²) < 4.78 is 22.7. The van der Waals surface area contributed by atoms with Crippen LogP contribution in [0.15, 0.2) is 102 Å². The number of carbonyl (C=O) groups excluding carboxylic acids is 1. The van der Waals surface area contributed by atoms with Crippen molar-refractivity contribution < 1.29 is 19.0 Å². The van der Waals surface area contributed by atoms with E-state index < -0.39 is 22.2 Å². The van der Waals surface area contributed by atoms with E-state index in [0.29, 0.717) is 17.2 Å². The van der Waals surface area contributed by atoms with E-state index in [0.717, 1.165) is 106 Å². The summed E-state index contributed by atoms with van der Waals surface area (Å²) in [6, 6.07) is 25.6. The average molecular weight is 836 g/mol. The molecule has 8 rings (SSSR count). The Morgan fingerprint density at radius 2 is 1.71 bits per heavy atom. The first-order valence-electron chi connectivity index (χ1n) is 20.3. The summed E-state index contributed by atoms with van der Waals surface area (Å²) in [4.78, 5) is 33.6. The van der Waals surface area contributed by atoms with Crippen LogP contribution in [0, 0.1) is 15.5 Å². The number of benzene rings is 4. The van der Waals surface area contributed by atoms with Gasteiger partial charge in [0.05, 0.1) is 16.6 Å². The molecule has 1 aliphatic carbocycles. The first-order chi connectivity index (χ1) is 28.5. The van der Waals surface area contributed by atoms with Gasteiger partial charge >= 0.3 is 0 Å². The number of carbonyl (C=O) groups is 1. The minimum atomic E-state index is -2.10. The number of hydrazine groups is 1. The van der Waals surface area contributed by atoms with Crippen LogP contribution in [0.4, 0.5) is 17.1 Å². The number of rotatable bonds is 12. The maximum atomic E-state index is 13.9. The molecule has 12 nitrogen and oxygen atoms in total. The summed E-state index contributed by atoms with van der Waals surface area (Å²) in [5.41, 5.74) is 9.67. The number of halogens is 1. The molecule has 0 spiro atoms. The number of aromatic nitrogens is 1. The van der Waals surface area contributed by atoms with Gasteiger partial charge in [0, 0.05) is 79.7 Å². The number of piperidine rings is 1. The summed E-state index contributed by atoms with van der Waals surface area (Å²) >= 11 is 4.15. The number of ether oxygens (including phenoxy) is 1. The van der Waals surface area contributed by atoms with Gasteiger partial charge < -0.3 is 24.6 Å². The lowest BCUT2D eigenvalue weighted by atomic mass is 9.72. The molecule has 1 amide bonds. The highest BCUT2D eigenvalue weighted by Gasteiger charge is 2.30. The lowest BCUT2D eigenvalue weighted by Crippen LogP contribution is -2.47. The van der Waals surface area contributed by atoms with Crippen LogP contribution < -0.4 is 19.8 Å². The number of fused-ring (bicyclic) bond motifs is 1. The van der Waals surface area contributed by atoms with Gasteiger partial charge in [0.1, 0.15) is 28.5 Å². The van der Waals surface area contributed by atoms with E-state index in [9.17, 15) is 19.5 Å². The highest BCUT2D eigenvalue weighted by Crippen LogP contribution is 2.43. The maximum Gasteiger partial charge on any atom is 0.298 e. The predicted octanol–water partition coefficient (Wildman–Crippen LogP) is 9.57. The molecule has 2 aliphatic heterocycles. The van der Waals surface area contributed by atoms with Gasteiger partial charge in [-0.1, -0.05) is 55.6 Å². The second kappa shape index (κ2) is 17.7. The van der Waals surface area contributed by atoms with Crippen LogP contribution in [0.1, 0.15) is 68.3 Å². The third kappa shape index (κ3) is 9.55. The number of nitrogens with one attached hydrogen (secondary N) is 3. The number of anilines is 2. The number of nitro benzene ring substituents is 1. The lowest BCUT2D eigenvalue weighted by Gasteiger charge is -2.39. The number of hydrogen-bond acceptors (Lipinski definition) is 9. The van der Waals surface area contributed by atoms with E-state index in [1.54, 1.807) is 6.07 Å². The molecular formula is C45H50ClN7O5S. The first-order valence-corrected chi connectivity index (χ1v) is 21.9. The number of piperazine rings is 1.